The van der Waals surface area contributed by atoms with Crippen molar-refractivity contribution in [3.63, 3.8) is 0 Å². The third-order valence-electron chi connectivity index (χ3n) is 6.21. The minimum atomic E-state index is -0.272. The minimum absolute atomic E-state index is 0.0916. The van der Waals surface area contributed by atoms with E-state index in [4.69, 9.17) is 16.3 Å². The molecule has 11 heteroatoms. The number of ether oxygens (including phenoxy) is 1. The topological polar surface area (TPSA) is 99.2 Å². The Kier molecular flexibility index (Phi) is 8.81. The van der Waals surface area contributed by atoms with Crippen molar-refractivity contribution >= 4 is 35.5 Å². The van der Waals surface area contributed by atoms with Crippen molar-refractivity contribution in [3.05, 3.63) is 101 Å². The van der Waals surface area contributed by atoms with Crippen LogP contribution in [0.5, 0.6) is 5.75 Å². The first-order valence-electron chi connectivity index (χ1n) is 13.0. The van der Waals surface area contributed by atoms with Gasteiger partial charge >= 0.3 is 0 Å². The summed E-state index contributed by atoms with van der Waals surface area (Å²) in [5, 5.41) is 18.8. The van der Waals surface area contributed by atoms with Gasteiger partial charge < -0.3 is 4.74 Å². The van der Waals surface area contributed by atoms with Crippen molar-refractivity contribution in [1.82, 2.24) is 30.0 Å². The number of nitrogens with zero attached hydrogens (tertiary/aromatic N) is 6. The Bertz CT molecular complexity index is 1660. The van der Waals surface area contributed by atoms with Gasteiger partial charge in [-0.1, -0.05) is 41.6 Å². The van der Waals surface area contributed by atoms with Crippen LogP contribution in [0.4, 0.5) is 0 Å². The Labute approximate surface area is 247 Å². The third-order valence-corrected chi connectivity index (χ3v) is 7.39. The molecular formula is C30H28ClN7O2S. The van der Waals surface area contributed by atoms with Crippen molar-refractivity contribution in [3.8, 4) is 28.5 Å². The van der Waals surface area contributed by atoms with Gasteiger partial charge in [0.1, 0.15) is 5.75 Å². The summed E-state index contributed by atoms with van der Waals surface area (Å²) in [7, 11) is 0. The first-order chi connectivity index (χ1) is 19.9. The summed E-state index contributed by atoms with van der Waals surface area (Å²) in [6, 6.07) is 24.9. The molecule has 0 aliphatic rings. The molecule has 0 fully saturated rings. The second kappa shape index (κ2) is 12.8. The van der Waals surface area contributed by atoms with Crippen LogP contribution in [0.2, 0.25) is 5.02 Å². The van der Waals surface area contributed by atoms with Crippen LogP contribution in [-0.2, 0) is 4.79 Å². The molecule has 208 valence electrons. The number of carbonyl (C=O) groups excluding carboxylic acids is 1. The largest absolute Gasteiger partial charge is 0.494 e. The monoisotopic (exact) mass is 585 g/mol. The summed E-state index contributed by atoms with van der Waals surface area (Å²) in [5.41, 5.74) is 7.86. The molecule has 0 radical (unpaired) electrons. The van der Waals surface area contributed by atoms with Gasteiger partial charge in [-0.3, -0.25) is 9.36 Å². The van der Waals surface area contributed by atoms with E-state index in [1.165, 1.54) is 11.8 Å². The van der Waals surface area contributed by atoms with E-state index in [9.17, 15) is 4.79 Å². The highest BCUT2D eigenvalue weighted by Gasteiger charge is 2.18. The summed E-state index contributed by atoms with van der Waals surface area (Å²) >= 11 is 7.37. The molecule has 3 aromatic carbocycles. The van der Waals surface area contributed by atoms with E-state index in [1.54, 1.807) is 18.3 Å². The summed E-state index contributed by atoms with van der Waals surface area (Å²) in [6.45, 7) is 6.40. The van der Waals surface area contributed by atoms with E-state index in [1.807, 2.05) is 96.8 Å². The van der Waals surface area contributed by atoms with Crippen LogP contribution in [-0.4, -0.2) is 49.0 Å². The quantitative estimate of drug-likeness (QED) is 0.122. The minimum Gasteiger partial charge on any atom is -0.494 e. The second-order valence-corrected chi connectivity index (χ2v) is 10.4. The molecule has 0 atom stereocenters. The lowest BCUT2D eigenvalue weighted by atomic mass is 10.2. The van der Waals surface area contributed by atoms with E-state index in [2.05, 4.69) is 25.8 Å². The zero-order valence-electron chi connectivity index (χ0n) is 22.8. The van der Waals surface area contributed by atoms with Gasteiger partial charge in [-0.25, -0.2) is 10.1 Å². The highest BCUT2D eigenvalue weighted by molar-refractivity contribution is 7.99. The van der Waals surface area contributed by atoms with Crippen LogP contribution < -0.4 is 10.2 Å². The number of rotatable bonds is 10. The van der Waals surface area contributed by atoms with Gasteiger partial charge in [0.15, 0.2) is 11.0 Å². The Morgan fingerprint density at radius 1 is 1.00 bits per heavy atom. The highest BCUT2D eigenvalue weighted by atomic mass is 35.5. The third kappa shape index (κ3) is 6.50. The molecule has 41 heavy (non-hydrogen) atoms. The number of halogens is 1. The Morgan fingerprint density at radius 3 is 2.44 bits per heavy atom. The standard InChI is InChI=1S/C30H28ClN7O2S/c1-4-40-26-16-14-24(15-17-26)37-29(22-10-12-23(31)13-11-22)34-35-30(37)41-19-28(39)33-32-18-27-20(2)36-38(21(27)3)25-8-6-5-7-9-25/h5-18H,4,19H2,1-3H3,(H,33,39)/b32-18+. The van der Waals surface area contributed by atoms with E-state index in [0.29, 0.717) is 22.6 Å². The molecule has 2 heterocycles. The average Bonchev–Trinajstić information content (AvgIpc) is 3.54. The number of carbonyl (C=O) groups is 1. The van der Waals surface area contributed by atoms with E-state index in [0.717, 1.165) is 39.6 Å². The number of thioether (sulfide) groups is 1. The van der Waals surface area contributed by atoms with Crippen LogP contribution >= 0.6 is 23.4 Å². The summed E-state index contributed by atoms with van der Waals surface area (Å²) in [5.74, 6) is 1.22. The molecule has 1 N–H and O–H groups in total. The number of hydrogen-bond acceptors (Lipinski definition) is 7. The first-order valence-corrected chi connectivity index (χ1v) is 14.3. The molecule has 9 nitrogen and oxygen atoms in total. The van der Waals surface area contributed by atoms with Gasteiger partial charge in [0.2, 0.25) is 0 Å². The molecule has 0 aliphatic heterocycles. The summed E-state index contributed by atoms with van der Waals surface area (Å²) in [6.07, 6.45) is 1.63. The number of nitrogens with one attached hydrogen (secondary N) is 1. The van der Waals surface area contributed by atoms with E-state index >= 15 is 0 Å². The number of amides is 1. The zero-order valence-corrected chi connectivity index (χ0v) is 24.4. The maximum Gasteiger partial charge on any atom is 0.250 e. The van der Waals surface area contributed by atoms with Crippen molar-refractivity contribution in [2.45, 2.75) is 25.9 Å². The zero-order chi connectivity index (χ0) is 28.8. The van der Waals surface area contributed by atoms with Gasteiger partial charge in [-0.15, -0.1) is 10.2 Å². The van der Waals surface area contributed by atoms with Crippen molar-refractivity contribution < 1.29 is 9.53 Å². The van der Waals surface area contributed by atoms with Crippen molar-refractivity contribution in [2.75, 3.05) is 12.4 Å². The van der Waals surface area contributed by atoms with Crippen LogP contribution in [0, 0.1) is 13.8 Å². The van der Waals surface area contributed by atoms with Gasteiger partial charge in [0.05, 0.1) is 35.6 Å². The molecule has 1 amide bonds. The maximum absolute atomic E-state index is 12.7. The maximum atomic E-state index is 12.7. The molecule has 0 unspecified atom stereocenters. The fraction of sp³-hybridized carbons (Fsp3) is 0.167. The summed E-state index contributed by atoms with van der Waals surface area (Å²) < 4.78 is 9.36. The Balaban J connectivity index is 1.31. The lowest BCUT2D eigenvalue weighted by molar-refractivity contribution is -0.118. The Morgan fingerprint density at radius 2 is 1.73 bits per heavy atom. The molecule has 5 rings (SSSR count). The van der Waals surface area contributed by atoms with Gasteiger partial charge in [-0.05, 0) is 81.4 Å². The lowest BCUT2D eigenvalue weighted by Gasteiger charge is -2.11. The molecule has 0 saturated heterocycles. The van der Waals surface area contributed by atoms with Crippen LogP contribution in [0.3, 0.4) is 0 Å². The fourth-order valence-electron chi connectivity index (χ4n) is 4.23. The number of benzene rings is 3. The number of hydrogen-bond donors (Lipinski definition) is 1. The smallest absolute Gasteiger partial charge is 0.250 e. The van der Waals surface area contributed by atoms with E-state index in [-0.39, 0.29) is 11.7 Å². The predicted molar refractivity (Wildman–Crippen MR) is 162 cm³/mol. The average molecular weight is 586 g/mol. The molecule has 0 aliphatic carbocycles. The molecule has 2 aromatic heterocycles. The molecule has 5 aromatic rings. The number of para-hydroxylation sites is 1. The molecule has 0 bridgehead atoms. The predicted octanol–water partition coefficient (Wildman–Crippen LogP) is 6.03. The van der Waals surface area contributed by atoms with Crippen LogP contribution in [0.25, 0.3) is 22.8 Å². The Hall–Kier alpha value is -4.41. The van der Waals surface area contributed by atoms with Crippen LogP contribution in [0.1, 0.15) is 23.9 Å². The lowest BCUT2D eigenvalue weighted by Crippen LogP contribution is -2.20. The second-order valence-electron chi connectivity index (χ2n) is 8.99. The number of aromatic nitrogens is 5. The first kappa shape index (κ1) is 28.1. The molecule has 0 spiro atoms. The number of aryl methyl sites for hydroxylation is 1. The normalized spacial score (nSPS) is 11.2. The van der Waals surface area contributed by atoms with Gasteiger partial charge in [0.25, 0.3) is 5.91 Å². The summed E-state index contributed by atoms with van der Waals surface area (Å²) in [4.78, 5) is 12.7. The van der Waals surface area contributed by atoms with Crippen molar-refractivity contribution in [2.24, 2.45) is 5.10 Å². The van der Waals surface area contributed by atoms with E-state index < -0.39 is 0 Å². The van der Waals surface area contributed by atoms with Crippen LogP contribution in [0.15, 0.2) is 89.1 Å². The number of hydrazone groups is 1. The SMILES string of the molecule is CCOc1ccc(-n2c(SCC(=O)N/N=C/c3c(C)nn(-c4ccccc4)c3C)nnc2-c2ccc(Cl)cc2)cc1. The van der Waals surface area contributed by atoms with Gasteiger partial charge in [-0.2, -0.15) is 10.2 Å². The highest BCUT2D eigenvalue weighted by Crippen LogP contribution is 2.29. The van der Waals surface area contributed by atoms with Gasteiger partial charge in [0, 0.05) is 21.8 Å². The molecule has 0 saturated carbocycles. The van der Waals surface area contributed by atoms with Crippen molar-refractivity contribution in [1.29, 1.82) is 0 Å². The molecular weight excluding hydrogens is 558 g/mol. The fourth-order valence-corrected chi connectivity index (χ4v) is 5.10.